The quantitative estimate of drug-likeness (QED) is 0.854. The van der Waals surface area contributed by atoms with Gasteiger partial charge in [0.25, 0.3) is 0 Å². The molecule has 1 saturated carbocycles. The number of esters is 1. The fraction of sp³-hybridized carbons (Fsp3) is 0.294. The highest BCUT2D eigenvalue weighted by Gasteiger charge is 2.30. The lowest BCUT2D eigenvalue weighted by Crippen LogP contribution is -2.10. The van der Waals surface area contributed by atoms with E-state index in [1.807, 2.05) is 12.1 Å². The molecule has 2 heterocycles. The van der Waals surface area contributed by atoms with Crippen LogP contribution in [-0.4, -0.2) is 23.0 Å². The number of carbonyl (C=O) groups excluding carboxylic acids is 1. The summed E-state index contributed by atoms with van der Waals surface area (Å²) in [5.41, 5.74) is 3.43. The lowest BCUT2D eigenvalue weighted by molar-refractivity contribution is 0.0598. The van der Waals surface area contributed by atoms with Gasteiger partial charge in [-0.25, -0.2) is 9.78 Å². The smallest absolute Gasteiger partial charge is 0.339 e. The number of rotatable bonds is 5. The van der Waals surface area contributed by atoms with Gasteiger partial charge in [-0.05, 0) is 37.1 Å². The van der Waals surface area contributed by atoms with E-state index >= 15 is 0 Å². The van der Waals surface area contributed by atoms with Crippen molar-refractivity contribution in [2.75, 3.05) is 12.4 Å². The Morgan fingerprint density at radius 3 is 2.83 bits per heavy atom. The monoisotopic (exact) mass is 308 g/mol. The lowest BCUT2D eigenvalue weighted by atomic mass is 10.1. The van der Waals surface area contributed by atoms with Gasteiger partial charge in [0.1, 0.15) is 11.8 Å². The Morgan fingerprint density at radius 1 is 1.39 bits per heavy atom. The van der Waals surface area contributed by atoms with Crippen molar-refractivity contribution in [2.24, 2.45) is 0 Å². The van der Waals surface area contributed by atoms with Gasteiger partial charge in [0.05, 0.1) is 42.5 Å². The van der Waals surface area contributed by atoms with Gasteiger partial charge in [-0.15, -0.1) is 0 Å². The first-order valence-corrected chi connectivity index (χ1v) is 7.39. The first-order valence-electron chi connectivity index (χ1n) is 7.39. The number of aromatic nitrogens is 2. The van der Waals surface area contributed by atoms with Crippen molar-refractivity contribution in [3.8, 4) is 6.07 Å². The molecule has 3 rings (SSSR count). The number of anilines is 1. The molecule has 1 N–H and O–H groups in total. The Kier molecular flexibility index (Phi) is 4.20. The molecule has 0 spiro atoms. The summed E-state index contributed by atoms with van der Waals surface area (Å²) in [5, 5.41) is 11.9. The van der Waals surface area contributed by atoms with E-state index in [1.165, 1.54) is 7.11 Å². The van der Waals surface area contributed by atoms with Crippen LogP contribution in [-0.2, 0) is 11.3 Å². The van der Waals surface area contributed by atoms with Crippen molar-refractivity contribution < 1.29 is 9.53 Å². The van der Waals surface area contributed by atoms with E-state index in [2.05, 4.69) is 15.3 Å². The Labute approximate surface area is 134 Å². The summed E-state index contributed by atoms with van der Waals surface area (Å²) in [6.07, 6.45) is 3.74. The van der Waals surface area contributed by atoms with Crippen LogP contribution < -0.4 is 5.32 Å². The summed E-state index contributed by atoms with van der Waals surface area (Å²) >= 11 is 0. The Hall–Kier alpha value is -2.94. The fourth-order valence-electron chi connectivity index (χ4n) is 2.32. The third kappa shape index (κ3) is 3.46. The molecule has 0 unspecified atom stereocenters. The first kappa shape index (κ1) is 15.0. The summed E-state index contributed by atoms with van der Waals surface area (Å²) in [6.45, 7) is 0.523. The second kappa shape index (κ2) is 6.44. The molecular weight excluding hydrogens is 292 g/mol. The van der Waals surface area contributed by atoms with Crippen molar-refractivity contribution in [3.05, 3.63) is 53.1 Å². The number of carbonyl (C=O) groups is 1. The van der Waals surface area contributed by atoms with E-state index in [-0.39, 0.29) is 5.97 Å². The van der Waals surface area contributed by atoms with Gasteiger partial charge in [0.15, 0.2) is 0 Å². The Balaban J connectivity index is 1.74. The van der Waals surface area contributed by atoms with Gasteiger partial charge in [-0.3, -0.25) is 4.98 Å². The summed E-state index contributed by atoms with van der Waals surface area (Å²) in [5.74, 6) is 0.0239. The zero-order chi connectivity index (χ0) is 16.2. The van der Waals surface area contributed by atoms with Crippen molar-refractivity contribution in [1.29, 1.82) is 5.26 Å². The summed E-state index contributed by atoms with van der Waals surface area (Å²) in [4.78, 5) is 20.4. The van der Waals surface area contributed by atoms with E-state index in [0.29, 0.717) is 23.7 Å². The molecule has 6 nitrogen and oxygen atoms in total. The average molecular weight is 308 g/mol. The predicted molar refractivity (Wildman–Crippen MR) is 83.8 cm³/mol. The van der Waals surface area contributed by atoms with Crippen molar-refractivity contribution in [2.45, 2.75) is 25.3 Å². The highest BCUT2D eigenvalue weighted by molar-refractivity contribution is 5.90. The molecular formula is C17H16N4O2. The Morgan fingerprint density at radius 2 is 2.22 bits per heavy atom. The van der Waals surface area contributed by atoms with E-state index in [1.54, 1.807) is 24.4 Å². The van der Waals surface area contributed by atoms with Crippen LogP contribution in [0.15, 0.2) is 30.5 Å². The minimum absolute atomic E-state index is 0.338. The number of ether oxygens (including phenoxy) is 1. The van der Waals surface area contributed by atoms with Gasteiger partial charge >= 0.3 is 5.97 Å². The predicted octanol–water partition coefficient (Wildman–Crippen LogP) is 2.62. The van der Waals surface area contributed by atoms with Crippen LogP contribution >= 0.6 is 0 Å². The zero-order valence-corrected chi connectivity index (χ0v) is 12.7. The van der Waals surface area contributed by atoms with Gasteiger partial charge in [0.2, 0.25) is 0 Å². The van der Waals surface area contributed by atoms with Gasteiger partial charge in [-0.1, -0.05) is 0 Å². The average Bonchev–Trinajstić information content (AvgIpc) is 3.44. The molecule has 2 aromatic rings. The number of nitrogens with zero attached hydrogens (tertiary/aromatic N) is 3. The maximum atomic E-state index is 11.8. The molecule has 0 aromatic carbocycles. The third-order valence-corrected chi connectivity index (χ3v) is 3.70. The molecule has 116 valence electrons. The summed E-state index contributed by atoms with van der Waals surface area (Å²) < 4.78 is 4.82. The van der Waals surface area contributed by atoms with Crippen LogP contribution in [0.3, 0.4) is 0 Å². The number of hydrogen-bond donors (Lipinski definition) is 1. The van der Waals surface area contributed by atoms with Crippen LogP contribution in [0.25, 0.3) is 0 Å². The number of methoxy groups -OCH3 is 1. The number of nitrogens with one attached hydrogen (secondary N) is 1. The lowest BCUT2D eigenvalue weighted by Gasteiger charge is -2.10. The molecule has 6 heteroatoms. The number of hydrogen-bond acceptors (Lipinski definition) is 6. The summed E-state index contributed by atoms with van der Waals surface area (Å²) in [6, 6.07) is 9.04. The highest BCUT2D eigenvalue weighted by Crippen LogP contribution is 2.40. The van der Waals surface area contributed by atoms with E-state index in [0.717, 1.165) is 29.9 Å². The van der Waals surface area contributed by atoms with E-state index in [9.17, 15) is 4.79 Å². The molecule has 0 atom stereocenters. The summed E-state index contributed by atoms with van der Waals surface area (Å²) in [7, 11) is 1.38. The Bertz CT molecular complexity index is 761. The van der Waals surface area contributed by atoms with Crippen molar-refractivity contribution in [1.82, 2.24) is 9.97 Å². The normalized spacial score (nSPS) is 13.2. The number of nitriles is 1. The third-order valence-electron chi connectivity index (χ3n) is 3.70. The van der Waals surface area contributed by atoms with Crippen molar-refractivity contribution >= 4 is 11.7 Å². The second-order valence-corrected chi connectivity index (χ2v) is 5.40. The van der Waals surface area contributed by atoms with E-state index in [4.69, 9.17) is 10.00 Å². The van der Waals surface area contributed by atoms with Gasteiger partial charge in [-0.2, -0.15) is 5.26 Å². The van der Waals surface area contributed by atoms with Crippen LogP contribution in [0.1, 0.15) is 46.2 Å². The topological polar surface area (TPSA) is 87.9 Å². The van der Waals surface area contributed by atoms with Crippen molar-refractivity contribution in [3.63, 3.8) is 0 Å². The molecule has 0 amide bonds. The zero-order valence-electron chi connectivity index (χ0n) is 12.7. The molecule has 0 aliphatic heterocycles. The minimum Gasteiger partial charge on any atom is -0.465 e. The van der Waals surface area contributed by atoms with Crippen LogP contribution in [0.2, 0.25) is 0 Å². The maximum absolute atomic E-state index is 11.8. The molecule has 1 aliphatic carbocycles. The highest BCUT2D eigenvalue weighted by atomic mass is 16.5. The minimum atomic E-state index is -0.338. The SMILES string of the molecule is COC(=O)c1ccc(CNc2ccc(C#N)nc2)nc1C1CC1. The second-order valence-electron chi connectivity index (χ2n) is 5.40. The van der Waals surface area contributed by atoms with Crippen LogP contribution in [0.5, 0.6) is 0 Å². The van der Waals surface area contributed by atoms with Gasteiger partial charge in [0, 0.05) is 5.92 Å². The molecule has 2 aromatic heterocycles. The molecule has 1 aliphatic rings. The number of pyridine rings is 2. The van der Waals surface area contributed by atoms with E-state index < -0.39 is 0 Å². The maximum Gasteiger partial charge on any atom is 0.339 e. The fourth-order valence-corrected chi connectivity index (χ4v) is 2.32. The molecule has 0 radical (unpaired) electrons. The molecule has 0 bridgehead atoms. The largest absolute Gasteiger partial charge is 0.465 e. The first-order chi connectivity index (χ1) is 11.2. The van der Waals surface area contributed by atoms with Gasteiger partial charge < -0.3 is 10.1 Å². The van der Waals surface area contributed by atoms with Crippen LogP contribution in [0, 0.1) is 11.3 Å². The molecule has 23 heavy (non-hydrogen) atoms. The van der Waals surface area contributed by atoms with Crippen LogP contribution in [0.4, 0.5) is 5.69 Å². The molecule has 1 fully saturated rings. The molecule has 0 saturated heterocycles. The standard InChI is InChI=1S/C17H16N4O2/c1-23-17(22)15-7-6-14(21-16(15)11-2-3-11)10-20-13-5-4-12(8-18)19-9-13/h4-7,9,11,20H,2-3,10H2,1H3.